The van der Waals surface area contributed by atoms with Crippen molar-refractivity contribution in [3.63, 3.8) is 0 Å². The van der Waals surface area contributed by atoms with E-state index < -0.39 is 0 Å². The number of piperazine rings is 1. The summed E-state index contributed by atoms with van der Waals surface area (Å²) in [6.45, 7) is 4.72. The van der Waals surface area contributed by atoms with Gasteiger partial charge in [0.1, 0.15) is 5.75 Å². The first-order valence-corrected chi connectivity index (χ1v) is 7.01. The van der Waals surface area contributed by atoms with Crippen LogP contribution in [0, 0.1) is 0 Å². The average Bonchev–Trinajstić information content (AvgIpc) is 2.49. The highest BCUT2D eigenvalue weighted by atomic mass is 16.5. The van der Waals surface area contributed by atoms with Crippen LogP contribution in [-0.2, 0) is 11.3 Å². The highest BCUT2D eigenvalue weighted by Gasteiger charge is 2.21. The number of nitrogens with one attached hydrogen (secondary N) is 1. The number of methoxy groups -OCH3 is 1. The van der Waals surface area contributed by atoms with Crippen molar-refractivity contribution in [1.82, 2.24) is 15.1 Å². The molecule has 1 fully saturated rings. The van der Waals surface area contributed by atoms with Gasteiger partial charge in [-0.05, 0) is 13.1 Å². The van der Waals surface area contributed by atoms with Gasteiger partial charge in [0.2, 0.25) is 5.91 Å². The molecule has 1 aliphatic rings. The molecule has 0 aromatic heterocycles. The molecule has 5 heteroatoms. The van der Waals surface area contributed by atoms with Gasteiger partial charge in [0.05, 0.1) is 13.7 Å². The molecule has 0 aliphatic carbocycles. The summed E-state index contributed by atoms with van der Waals surface area (Å²) in [6, 6.07) is 8.10. The summed E-state index contributed by atoms with van der Waals surface area (Å²) in [6.07, 6.45) is 0. The van der Waals surface area contributed by atoms with E-state index in [9.17, 15) is 4.79 Å². The standard InChI is InChI=1S/C15H23N3O2/c1-16-11-15(19)18-9-7-17(8-10-18)12-13-5-3-4-6-14(13)20-2/h3-6,16H,7-12H2,1-2H3. The third kappa shape index (κ3) is 3.71. The molecule has 0 spiro atoms. The Morgan fingerprint density at radius 2 is 1.95 bits per heavy atom. The monoisotopic (exact) mass is 277 g/mol. The zero-order valence-corrected chi connectivity index (χ0v) is 12.3. The Bertz CT molecular complexity index is 442. The fourth-order valence-corrected chi connectivity index (χ4v) is 2.49. The number of para-hydroxylation sites is 1. The third-order valence-corrected chi connectivity index (χ3v) is 3.64. The second kappa shape index (κ2) is 7.26. The van der Waals surface area contributed by atoms with Gasteiger partial charge in [-0.15, -0.1) is 0 Å². The third-order valence-electron chi connectivity index (χ3n) is 3.64. The molecule has 5 nitrogen and oxygen atoms in total. The number of amides is 1. The Morgan fingerprint density at radius 3 is 2.60 bits per heavy atom. The number of carbonyl (C=O) groups excluding carboxylic acids is 1. The van der Waals surface area contributed by atoms with Crippen molar-refractivity contribution in [2.75, 3.05) is 46.9 Å². The van der Waals surface area contributed by atoms with E-state index in [0.29, 0.717) is 6.54 Å². The molecule has 0 atom stereocenters. The molecule has 0 bridgehead atoms. The smallest absolute Gasteiger partial charge is 0.236 e. The van der Waals surface area contributed by atoms with E-state index in [1.807, 2.05) is 23.1 Å². The Labute approximate surface area is 120 Å². The highest BCUT2D eigenvalue weighted by molar-refractivity contribution is 5.78. The Balaban J connectivity index is 1.87. The average molecular weight is 277 g/mol. The second-order valence-corrected chi connectivity index (χ2v) is 5.00. The summed E-state index contributed by atoms with van der Waals surface area (Å²) in [5.74, 6) is 1.12. The maximum Gasteiger partial charge on any atom is 0.236 e. The van der Waals surface area contributed by atoms with Gasteiger partial charge >= 0.3 is 0 Å². The van der Waals surface area contributed by atoms with Gasteiger partial charge in [0.15, 0.2) is 0 Å². The van der Waals surface area contributed by atoms with E-state index in [1.165, 1.54) is 5.56 Å². The van der Waals surface area contributed by atoms with E-state index >= 15 is 0 Å². The summed E-state index contributed by atoms with van der Waals surface area (Å²) in [5, 5.41) is 2.91. The zero-order chi connectivity index (χ0) is 14.4. The number of hydrogen-bond donors (Lipinski definition) is 1. The minimum Gasteiger partial charge on any atom is -0.496 e. The fourth-order valence-electron chi connectivity index (χ4n) is 2.49. The lowest BCUT2D eigenvalue weighted by Crippen LogP contribution is -2.50. The predicted molar refractivity (Wildman–Crippen MR) is 78.8 cm³/mol. The lowest BCUT2D eigenvalue weighted by Gasteiger charge is -2.35. The van der Waals surface area contributed by atoms with Gasteiger partial charge in [-0.1, -0.05) is 18.2 Å². The van der Waals surface area contributed by atoms with Crippen molar-refractivity contribution in [3.8, 4) is 5.75 Å². The van der Waals surface area contributed by atoms with Gasteiger partial charge in [-0.25, -0.2) is 0 Å². The first-order valence-electron chi connectivity index (χ1n) is 7.01. The zero-order valence-electron chi connectivity index (χ0n) is 12.3. The van der Waals surface area contributed by atoms with Crippen molar-refractivity contribution < 1.29 is 9.53 Å². The molecular formula is C15H23N3O2. The van der Waals surface area contributed by atoms with Crippen LogP contribution in [0.4, 0.5) is 0 Å². The normalized spacial score (nSPS) is 16.2. The van der Waals surface area contributed by atoms with Crippen molar-refractivity contribution in [2.45, 2.75) is 6.54 Å². The fraction of sp³-hybridized carbons (Fsp3) is 0.533. The number of hydrogen-bond acceptors (Lipinski definition) is 4. The molecule has 0 saturated carbocycles. The van der Waals surface area contributed by atoms with Gasteiger partial charge in [0, 0.05) is 38.3 Å². The molecule has 0 radical (unpaired) electrons. The number of likely N-dealkylation sites (N-methyl/N-ethyl adjacent to an activating group) is 1. The summed E-state index contributed by atoms with van der Waals surface area (Å²) in [4.78, 5) is 16.1. The molecule has 1 heterocycles. The lowest BCUT2D eigenvalue weighted by molar-refractivity contribution is -0.131. The van der Waals surface area contributed by atoms with Crippen LogP contribution in [0.5, 0.6) is 5.75 Å². The number of carbonyl (C=O) groups is 1. The SMILES string of the molecule is CNCC(=O)N1CCN(Cc2ccccc2OC)CC1. The van der Waals surface area contributed by atoms with Crippen LogP contribution in [0.1, 0.15) is 5.56 Å². The molecule has 1 aliphatic heterocycles. The minimum atomic E-state index is 0.185. The van der Waals surface area contributed by atoms with Crippen LogP contribution in [0.15, 0.2) is 24.3 Å². The molecule has 20 heavy (non-hydrogen) atoms. The molecule has 2 rings (SSSR count). The molecular weight excluding hydrogens is 254 g/mol. The van der Waals surface area contributed by atoms with Gasteiger partial charge in [-0.3, -0.25) is 9.69 Å². The summed E-state index contributed by atoms with van der Waals surface area (Å²) in [5.41, 5.74) is 1.20. The van der Waals surface area contributed by atoms with E-state index in [-0.39, 0.29) is 5.91 Å². The van der Waals surface area contributed by atoms with E-state index in [4.69, 9.17) is 4.74 Å². The van der Waals surface area contributed by atoms with Gasteiger partial charge < -0.3 is 15.0 Å². The topological polar surface area (TPSA) is 44.8 Å². The Hall–Kier alpha value is -1.59. The second-order valence-electron chi connectivity index (χ2n) is 5.00. The number of rotatable bonds is 5. The minimum absolute atomic E-state index is 0.185. The van der Waals surface area contributed by atoms with Gasteiger partial charge in [0.25, 0.3) is 0 Å². The van der Waals surface area contributed by atoms with Crippen molar-refractivity contribution in [3.05, 3.63) is 29.8 Å². The van der Waals surface area contributed by atoms with Crippen molar-refractivity contribution in [2.24, 2.45) is 0 Å². The first-order chi connectivity index (χ1) is 9.74. The van der Waals surface area contributed by atoms with E-state index in [0.717, 1.165) is 38.5 Å². The first kappa shape index (κ1) is 14.8. The van der Waals surface area contributed by atoms with Crippen molar-refractivity contribution in [1.29, 1.82) is 0 Å². The number of benzene rings is 1. The Morgan fingerprint density at radius 1 is 1.25 bits per heavy atom. The maximum atomic E-state index is 11.8. The van der Waals surface area contributed by atoms with E-state index in [1.54, 1.807) is 14.2 Å². The number of ether oxygens (including phenoxy) is 1. The Kier molecular flexibility index (Phi) is 5.38. The molecule has 1 aromatic carbocycles. The molecule has 1 N–H and O–H groups in total. The van der Waals surface area contributed by atoms with Crippen LogP contribution in [0.3, 0.4) is 0 Å². The quantitative estimate of drug-likeness (QED) is 0.854. The highest BCUT2D eigenvalue weighted by Crippen LogP contribution is 2.19. The van der Waals surface area contributed by atoms with Crippen LogP contribution >= 0.6 is 0 Å². The lowest BCUT2D eigenvalue weighted by atomic mass is 10.1. The molecule has 1 aromatic rings. The van der Waals surface area contributed by atoms with Crippen LogP contribution in [-0.4, -0.2) is 62.6 Å². The molecule has 110 valence electrons. The van der Waals surface area contributed by atoms with Crippen LogP contribution in [0.25, 0.3) is 0 Å². The molecule has 1 amide bonds. The maximum absolute atomic E-state index is 11.8. The van der Waals surface area contributed by atoms with Crippen molar-refractivity contribution >= 4 is 5.91 Å². The van der Waals surface area contributed by atoms with E-state index in [2.05, 4.69) is 16.3 Å². The summed E-state index contributed by atoms with van der Waals surface area (Å²) >= 11 is 0. The summed E-state index contributed by atoms with van der Waals surface area (Å²) < 4.78 is 5.38. The molecule has 0 unspecified atom stereocenters. The molecule has 1 saturated heterocycles. The van der Waals surface area contributed by atoms with Crippen LogP contribution < -0.4 is 10.1 Å². The summed E-state index contributed by atoms with van der Waals surface area (Å²) in [7, 11) is 3.50. The van der Waals surface area contributed by atoms with Gasteiger partial charge in [-0.2, -0.15) is 0 Å². The number of nitrogens with zero attached hydrogens (tertiary/aromatic N) is 2. The largest absolute Gasteiger partial charge is 0.496 e. The van der Waals surface area contributed by atoms with Crippen LogP contribution in [0.2, 0.25) is 0 Å². The predicted octanol–water partition coefficient (Wildman–Crippen LogP) is 0.559.